The number of halogens is 2. The van der Waals surface area contributed by atoms with Gasteiger partial charge in [-0.1, -0.05) is 61.5 Å². The second-order valence-corrected chi connectivity index (χ2v) is 12.9. The number of nitrogens with one attached hydrogen (secondary N) is 2. The number of carbonyl (C=O) groups is 2. The molecule has 0 aliphatic carbocycles. The molecular weight excluding hydrogens is 628 g/mol. The molecule has 0 aliphatic heterocycles. The zero-order valence-corrected chi connectivity index (χ0v) is 27.0. The minimum Gasteiger partial charge on any atom is -0.483 e. The van der Waals surface area contributed by atoms with Gasteiger partial charge in [0.2, 0.25) is 10.0 Å². The van der Waals surface area contributed by atoms with Crippen LogP contribution in [0.2, 0.25) is 0 Å². The molecule has 0 aliphatic rings. The smallest absolute Gasteiger partial charge is 0.290 e. The molecule has 1 amide bonds. The third kappa shape index (κ3) is 11.4. The highest BCUT2D eigenvalue weighted by atomic mass is 32.2. The van der Waals surface area contributed by atoms with Gasteiger partial charge < -0.3 is 20.8 Å². The molecule has 12 heteroatoms. The number of amides is 1. The fraction of sp³-hybridized carbons (Fsp3) is 0.257. The summed E-state index contributed by atoms with van der Waals surface area (Å²) in [4.78, 5) is 21.6. The van der Waals surface area contributed by atoms with Gasteiger partial charge in [-0.15, -0.1) is 0 Å². The van der Waals surface area contributed by atoms with Crippen molar-refractivity contribution in [2.75, 3.05) is 13.6 Å². The van der Waals surface area contributed by atoms with E-state index in [0.29, 0.717) is 6.54 Å². The molecule has 0 aromatic heterocycles. The van der Waals surface area contributed by atoms with Crippen molar-refractivity contribution in [3.8, 4) is 0 Å². The van der Waals surface area contributed by atoms with Gasteiger partial charge in [-0.3, -0.25) is 9.59 Å². The second-order valence-electron chi connectivity index (χ2n) is 10.8. The number of hydrogen-bond donors (Lipinski definition) is 4. The average molecular weight is 668 g/mol. The minimum absolute atomic E-state index is 0.0237. The zero-order valence-electron chi connectivity index (χ0n) is 26.1. The highest BCUT2D eigenvalue weighted by Crippen LogP contribution is 2.18. The van der Waals surface area contributed by atoms with Crippen molar-refractivity contribution in [1.82, 2.24) is 14.9 Å². The lowest BCUT2D eigenvalue weighted by molar-refractivity contribution is -0.122. The molecule has 250 valence electrons. The van der Waals surface area contributed by atoms with Crippen molar-refractivity contribution in [2.24, 2.45) is 0 Å². The van der Waals surface area contributed by atoms with Crippen molar-refractivity contribution in [3.63, 3.8) is 0 Å². The summed E-state index contributed by atoms with van der Waals surface area (Å²) in [6.45, 7) is 2.58. The van der Waals surface area contributed by atoms with Crippen LogP contribution in [0.5, 0.6) is 0 Å². The maximum absolute atomic E-state index is 13.9. The molecule has 47 heavy (non-hydrogen) atoms. The van der Waals surface area contributed by atoms with E-state index >= 15 is 0 Å². The summed E-state index contributed by atoms with van der Waals surface area (Å²) in [5.74, 6) is -2.09. The molecule has 4 aromatic rings. The number of nitrogens with zero attached hydrogens (tertiary/aromatic N) is 1. The first-order chi connectivity index (χ1) is 22.5. The lowest BCUT2D eigenvalue weighted by Crippen LogP contribution is -2.48. The molecule has 0 unspecified atom stereocenters. The summed E-state index contributed by atoms with van der Waals surface area (Å²) in [5.41, 5.74) is 3.49. The molecule has 2 atom stereocenters. The predicted octanol–water partition coefficient (Wildman–Crippen LogP) is 4.54. The number of hydrogen-bond acceptors (Lipinski definition) is 6. The Balaban J connectivity index is 0.00000192. The van der Waals surface area contributed by atoms with E-state index in [1.54, 1.807) is 0 Å². The first-order valence-electron chi connectivity index (χ1n) is 14.9. The SMILES string of the molecule is CCc1cccc(CNC[C@@H](O)[C@H](Cc2cc(F)cc(F)c2)NC(=O)c2ccc(S(=O)(=O)N(C)Cc3ccccc3)cc2)c1.O=CO. The van der Waals surface area contributed by atoms with Gasteiger partial charge in [0.1, 0.15) is 11.6 Å². The van der Waals surface area contributed by atoms with Crippen LogP contribution in [-0.4, -0.2) is 61.1 Å². The molecule has 0 saturated carbocycles. The molecule has 9 nitrogen and oxygen atoms in total. The number of aryl methyl sites for hydroxylation is 1. The van der Waals surface area contributed by atoms with Gasteiger partial charge in [-0.05, 0) is 71.5 Å². The van der Waals surface area contributed by atoms with Crippen LogP contribution < -0.4 is 10.6 Å². The van der Waals surface area contributed by atoms with E-state index in [-0.39, 0.29) is 42.0 Å². The first kappa shape index (κ1) is 37.0. The number of aliphatic hydroxyl groups is 1. The van der Waals surface area contributed by atoms with Crippen molar-refractivity contribution >= 4 is 22.4 Å². The highest BCUT2D eigenvalue weighted by Gasteiger charge is 2.25. The van der Waals surface area contributed by atoms with Gasteiger partial charge in [-0.2, -0.15) is 4.31 Å². The minimum atomic E-state index is -3.82. The van der Waals surface area contributed by atoms with E-state index in [4.69, 9.17) is 9.90 Å². The van der Waals surface area contributed by atoms with E-state index in [0.717, 1.165) is 35.7 Å². The molecule has 0 heterocycles. The summed E-state index contributed by atoms with van der Waals surface area (Å²) >= 11 is 0. The molecule has 0 bridgehead atoms. The second kappa shape index (κ2) is 18.0. The third-order valence-electron chi connectivity index (χ3n) is 7.31. The zero-order chi connectivity index (χ0) is 34.4. The van der Waals surface area contributed by atoms with E-state index < -0.39 is 39.7 Å². The van der Waals surface area contributed by atoms with Crippen molar-refractivity contribution in [2.45, 2.75) is 49.9 Å². The lowest BCUT2D eigenvalue weighted by Gasteiger charge is -2.25. The van der Waals surface area contributed by atoms with Gasteiger partial charge in [-0.25, -0.2) is 17.2 Å². The maximum atomic E-state index is 13.9. The van der Waals surface area contributed by atoms with Gasteiger partial charge in [0.15, 0.2) is 0 Å². The van der Waals surface area contributed by atoms with Crippen LogP contribution in [0.15, 0.2) is 102 Å². The Kier molecular flexibility index (Phi) is 14.2. The Morgan fingerprint density at radius 2 is 1.47 bits per heavy atom. The topological polar surface area (TPSA) is 136 Å². The lowest BCUT2D eigenvalue weighted by atomic mass is 10.00. The Hall–Kier alpha value is -4.49. The number of benzene rings is 4. The standard InChI is InChI=1S/C34H37F2N3O4S.CH2O2/c1-3-24-10-7-11-26(16-24)21-37-22-33(40)32(19-27-17-29(35)20-30(36)18-27)38-34(41)28-12-14-31(15-13-28)44(42,43)39(2)23-25-8-5-4-6-9-25;2-1-3/h4-18,20,32-33,37,40H,3,19,21-23H2,1-2H3,(H,38,41);1H,(H,2,3)/t32-,33+;/m0./s1. The van der Waals surface area contributed by atoms with E-state index in [2.05, 4.69) is 23.6 Å². The van der Waals surface area contributed by atoms with Crippen LogP contribution in [0.1, 0.15) is 39.5 Å². The Bertz CT molecular complexity index is 1690. The summed E-state index contributed by atoms with van der Waals surface area (Å²) in [7, 11) is -2.34. The van der Waals surface area contributed by atoms with E-state index in [9.17, 15) is 27.1 Å². The molecule has 0 saturated heterocycles. The van der Waals surface area contributed by atoms with Gasteiger partial charge in [0.05, 0.1) is 17.0 Å². The normalized spacial score (nSPS) is 12.5. The van der Waals surface area contributed by atoms with Crippen LogP contribution in [-0.2, 0) is 40.7 Å². The summed E-state index contributed by atoms with van der Waals surface area (Å²) in [5, 5.41) is 23.9. The van der Waals surface area contributed by atoms with Crippen molar-refractivity contribution in [3.05, 3.63) is 137 Å². The number of carboxylic acid groups (broad SMARTS) is 1. The van der Waals surface area contributed by atoms with Crippen LogP contribution in [0.4, 0.5) is 8.78 Å². The van der Waals surface area contributed by atoms with Crippen LogP contribution in [0.3, 0.4) is 0 Å². The highest BCUT2D eigenvalue weighted by molar-refractivity contribution is 7.89. The van der Waals surface area contributed by atoms with Crippen LogP contribution >= 0.6 is 0 Å². The van der Waals surface area contributed by atoms with Gasteiger partial charge >= 0.3 is 0 Å². The molecular formula is C35H39F2N3O6S. The Morgan fingerprint density at radius 3 is 2.09 bits per heavy atom. The third-order valence-corrected chi connectivity index (χ3v) is 9.13. The van der Waals surface area contributed by atoms with Crippen molar-refractivity contribution < 1.29 is 37.0 Å². The van der Waals surface area contributed by atoms with Crippen LogP contribution in [0, 0.1) is 11.6 Å². The molecule has 0 radical (unpaired) electrons. The largest absolute Gasteiger partial charge is 0.483 e. The molecule has 4 aromatic carbocycles. The first-order valence-corrected chi connectivity index (χ1v) is 16.3. The quantitative estimate of drug-likeness (QED) is 0.145. The molecule has 4 rings (SSSR count). The van der Waals surface area contributed by atoms with Gasteiger partial charge in [0.25, 0.3) is 12.4 Å². The summed E-state index contributed by atoms with van der Waals surface area (Å²) in [6.07, 6.45) is -0.247. The van der Waals surface area contributed by atoms with Gasteiger partial charge in [0, 0.05) is 38.3 Å². The van der Waals surface area contributed by atoms with Crippen LogP contribution in [0.25, 0.3) is 0 Å². The Labute approximate surface area is 273 Å². The van der Waals surface area contributed by atoms with E-state index in [1.807, 2.05) is 48.5 Å². The predicted molar refractivity (Wildman–Crippen MR) is 175 cm³/mol. The van der Waals surface area contributed by atoms with E-state index in [1.165, 1.54) is 41.2 Å². The summed E-state index contributed by atoms with van der Waals surface area (Å²) in [6, 6.07) is 24.9. The molecule has 4 N–H and O–H groups in total. The fourth-order valence-corrected chi connectivity index (χ4v) is 6.03. The average Bonchev–Trinajstić information content (AvgIpc) is 3.05. The number of aliphatic hydroxyl groups excluding tert-OH is 1. The Morgan fingerprint density at radius 1 is 0.872 bits per heavy atom. The molecule has 0 spiro atoms. The maximum Gasteiger partial charge on any atom is 0.290 e. The fourth-order valence-electron chi connectivity index (χ4n) is 4.87. The number of carbonyl (C=O) groups excluding carboxylic acids is 1. The number of rotatable bonds is 14. The molecule has 0 fully saturated rings. The number of sulfonamides is 1. The summed E-state index contributed by atoms with van der Waals surface area (Å²) < 4.78 is 55.3. The monoisotopic (exact) mass is 667 g/mol. The van der Waals surface area contributed by atoms with Crippen molar-refractivity contribution in [1.29, 1.82) is 0 Å².